The highest BCUT2D eigenvalue weighted by molar-refractivity contribution is 6.04. The number of carboxylic acid groups (broad SMARTS) is 2. The summed E-state index contributed by atoms with van der Waals surface area (Å²) >= 11 is 0. The minimum absolute atomic E-state index is 0.0658. The molecule has 1 heterocycles. The van der Waals surface area contributed by atoms with Gasteiger partial charge in [-0.05, 0) is 50.6 Å². The number of aliphatic carboxylic acids is 2. The fraction of sp³-hybridized carbons (Fsp3) is 0.308. The minimum atomic E-state index is -2.13. The van der Waals surface area contributed by atoms with E-state index in [0.717, 1.165) is 6.92 Å². The number of amides is 4. The van der Waals surface area contributed by atoms with Crippen molar-refractivity contribution in [2.24, 2.45) is 5.73 Å². The van der Waals surface area contributed by atoms with Gasteiger partial charge in [0.25, 0.3) is 0 Å². The summed E-state index contributed by atoms with van der Waals surface area (Å²) in [6.45, 7) is 4.69. The molecule has 1 atom stereocenters. The van der Waals surface area contributed by atoms with E-state index in [4.69, 9.17) is 19.9 Å². The number of urea groups is 2. The largest absolute Gasteiger partial charge is 0.497 e. The number of nitrogens with zero attached hydrogens (tertiary/aromatic N) is 1. The number of carbonyl (C=O) groups is 4. The Morgan fingerprint density at radius 3 is 2.29 bits per heavy atom. The van der Waals surface area contributed by atoms with E-state index in [-0.39, 0.29) is 18.3 Å². The van der Waals surface area contributed by atoms with Crippen molar-refractivity contribution in [3.05, 3.63) is 76.9 Å². The molecule has 1 unspecified atom stereocenters. The van der Waals surface area contributed by atoms with Gasteiger partial charge >= 0.3 is 24.0 Å². The molecule has 1 aliphatic carbocycles. The Bertz CT molecular complexity index is 1250. The van der Waals surface area contributed by atoms with Gasteiger partial charge in [0.05, 0.1) is 19.3 Å². The van der Waals surface area contributed by atoms with Crippen molar-refractivity contribution < 1.29 is 43.6 Å². The third kappa shape index (κ3) is 5.64. The smallest absolute Gasteiger partial charge is 0.330 e. The van der Waals surface area contributed by atoms with Crippen LogP contribution in [0.4, 0.5) is 9.59 Å². The second kappa shape index (κ2) is 11.1. The Kier molecular flexibility index (Phi) is 8.14. The van der Waals surface area contributed by atoms with Gasteiger partial charge in [-0.2, -0.15) is 0 Å². The molecule has 0 saturated heterocycles. The number of primary amides is 1. The molecule has 1 aromatic rings. The predicted molar refractivity (Wildman–Crippen MR) is 134 cm³/mol. The Labute approximate surface area is 218 Å². The van der Waals surface area contributed by atoms with E-state index in [2.05, 4.69) is 5.32 Å². The highest BCUT2D eigenvalue weighted by Crippen LogP contribution is 2.35. The summed E-state index contributed by atoms with van der Waals surface area (Å²) in [5.74, 6) is -1.71. The number of fused-ring (bicyclic) bond motifs is 1. The van der Waals surface area contributed by atoms with Gasteiger partial charge in [0.2, 0.25) is 0 Å². The van der Waals surface area contributed by atoms with E-state index in [1.165, 1.54) is 42.5 Å². The molecule has 5 N–H and O–H groups in total. The van der Waals surface area contributed by atoms with Crippen molar-refractivity contribution >= 4 is 24.0 Å². The molecule has 1 aromatic carbocycles. The van der Waals surface area contributed by atoms with Crippen LogP contribution >= 0.6 is 0 Å². The van der Waals surface area contributed by atoms with Crippen molar-refractivity contribution in [1.82, 2.24) is 10.2 Å². The summed E-state index contributed by atoms with van der Waals surface area (Å²) in [5, 5.41) is 20.9. The van der Waals surface area contributed by atoms with E-state index >= 15 is 0 Å². The Hall–Kier alpha value is -4.74. The van der Waals surface area contributed by atoms with Crippen LogP contribution in [0.2, 0.25) is 0 Å². The number of nitrogens with one attached hydrogen (secondary N) is 1. The van der Waals surface area contributed by atoms with Crippen LogP contribution in [-0.2, 0) is 24.5 Å². The third-order valence-electron chi connectivity index (χ3n) is 5.94. The molecule has 12 nitrogen and oxygen atoms in total. The van der Waals surface area contributed by atoms with E-state index in [1.807, 2.05) is 13.8 Å². The van der Waals surface area contributed by atoms with Crippen LogP contribution in [0.15, 0.2) is 71.4 Å². The van der Waals surface area contributed by atoms with Crippen molar-refractivity contribution in [2.75, 3.05) is 13.7 Å². The molecule has 2 aliphatic rings. The van der Waals surface area contributed by atoms with Gasteiger partial charge in [0, 0.05) is 17.3 Å². The Morgan fingerprint density at radius 1 is 1.13 bits per heavy atom. The lowest BCUT2D eigenvalue weighted by molar-refractivity contribution is -0.156. The molecule has 1 aliphatic heterocycles. The van der Waals surface area contributed by atoms with Crippen molar-refractivity contribution in [3.8, 4) is 5.75 Å². The van der Waals surface area contributed by atoms with E-state index in [0.29, 0.717) is 28.4 Å². The molecule has 4 amide bonds. The second-order valence-electron chi connectivity index (χ2n) is 8.91. The summed E-state index contributed by atoms with van der Waals surface area (Å²) in [6.07, 6.45) is 6.37. The zero-order chi connectivity index (χ0) is 28.2. The predicted octanol–water partition coefficient (Wildman–Crippen LogP) is 2.63. The maximum atomic E-state index is 12.8. The number of nitrogens with two attached hydrogens (primary N) is 1. The van der Waals surface area contributed by atoms with Crippen LogP contribution in [-0.4, -0.2) is 65.0 Å². The summed E-state index contributed by atoms with van der Waals surface area (Å²) in [5.41, 5.74) is 4.13. The minimum Gasteiger partial charge on any atom is -0.497 e. The molecule has 0 spiro atoms. The summed E-state index contributed by atoms with van der Waals surface area (Å²) in [6, 6.07) is 3.23. The number of carboxylic acids is 2. The van der Waals surface area contributed by atoms with Gasteiger partial charge in [0.1, 0.15) is 23.9 Å². The standard InChI is InChI=1S/C26H29N3O9/c1-14(2)38-21-15(13-37-17-7-5-16(6-8-17)26(3,22(30)31)23(32)33)12-29(25(35)28-24(27)34)20-10-9-18(36-4)11-19(20)21/h5-12,14,20H,13H2,1-4H3,(H,30,31)(H,32,33)(H3,27,28,34,35). The van der Waals surface area contributed by atoms with Crippen molar-refractivity contribution in [1.29, 1.82) is 0 Å². The first-order chi connectivity index (χ1) is 17.9. The molecule has 0 bridgehead atoms. The van der Waals surface area contributed by atoms with Gasteiger partial charge in [-0.15, -0.1) is 0 Å². The summed E-state index contributed by atoms with van der Waals surface area (Å²) in [4.78, 5) is 48.6. The van der Waals surface area contributed by atoms with E-state index in [1.54, 1.807) is 18.2 Å². The number of rotatable bonds is 9. The molecule has 3 rings (SSSR count). The number of hydrogen-bond acceptors (Lipinski definition) is 7. The number of allylic oxidation sites excluding steroid dienone is 1. The van der Waals surface area contributed by atoms with Gasteiger partial charge in [-0.1, -0.05) is 18.2 Å². The molecule has 0 saturated carbocycles. The zero-order valence-corrected chi connectivity index (χ0v) is 21.3. The first-order valence-electron chi connectivity index (χ1n) is 11.5. The Morgan fingerprint density at radius 2 is 1.76 bits per heavy atom. The normalized spacial score (nSPS) is 16.8. The number of benzene rings is 1. The number of carbonyl (C=O) groups excluding carboxylic acids is 2. The maximum Gasteiger partial charge on any atom is 0.330 e. The van der Waals surface area contributed by atoms with Gasteiger partial charge in [0.15, 0.2) is 5.41 Å². The average Bonchev–Trinajstić information content (AvgIpc) is 2.86. The van der Waals surface area contributed by atoms with Crippen molar-refractivity contribution in [3.63, 3.8) is 0 Å². The highest BCUT2D eigenvalue weighted by Gasteiger charge is 2.43. The third-order valence-corrected chi connectivity index (χ3v) is 5.94. The van der Waals surface area contributed by atoms with Crippen molar-refractivity contribution in [2.45, 2.75) is 38.3 Å². The molecule has 38 heavy (non-hydrogen) atoms. The molecular weight excluding hydrogens is 498 g/mol. The summed E-state index contributed by atoms with van der Waals surface area (Å²) in [7, 11) is 1.50. The second-order valence-corrected chi connectivity index (χ2v) is 8.91. The van der Waals surface area contributed by atoms with Gasteiger partial charge < -0.3 is 30.2 Å². The lowest BCUT2D eigenvalue weighted by Gasteiger charge is -2.36. The Balaban J connectivity index is 1.96. The fourth-order valence-corrected chi connectivity index (χ4v) is 3.86. The first-order valence-corrected chi connectivity index (χ1v) is 11.5. The number of imide groups is 1. The van der Waals surface area contributed by atoms with Gasteiger partial charge in [-0.25, -0.2) is 9.59 Å². The zero-order valence-electron chi connectivity index (χ0n) is 21.3. The lowest BCUT2D eigenvalue weighted by atomic mass is 9.83. The van der Waals surface area contributed by atoms with Crippen LogP contribution in [0.25, 0.3) is 0 Å². The number of methoxy groups -OCH3 is 1. The monoisotopic (exact) mass is 527 g/mol. The van der Waals surface area contributed by atoms with Gasteiger partial charge in [-0.3, -0.25) is 19.8 Å². The van der Waals surface area contributed by atoms with Crippen LogP contribution in [0.1, 0.15) is 26.3 Å². The molecule has 0 aromatic heterocycles. The fourth-order valence-electron chi connectivity index (χ4n) is 3.86. The topological polar surface area (TPSA) is 178 Å². The lowest BCUT2D eigenvalue weighted by Crippen LogP contribution is -2.49. The molecular formula is C26H29N3O9. The molecule has 0 radical (unpaired) electrons. The summed E-state index contributed by atoms with van der Waals surface area (Å²) < 4.78 is 17.3. The van der Waals surface area contributed by atoms with E-state index in [9.17, 15) is 29.4 Å². The van der Waals surface area contributed by atoms with Crippen LogP contribution in [0, 0.1) is 0 Å². The molecule has 0 fully saturated rings. The highest BCUT2D eigenvalue weighted by atomic mass is 16.5. The maximum absolute atomic E-state index is 12.8. The average molecular weight is 528 g/mol. The molecule has 202 valence electrons. The van der Waals surface area contributed by atoms with Crippen LogP contribution in [0.3, 0.4) is 0 Å². The van der Waals surface area contributed by atoms with E-state index < -0.39 is 35.5 Å². The number of hydrogen-bond donors (Lipinski definition) is 4. The van der Waals surface area contributed by atoms with Crippen LogP contribution in [0.5, 0.6) is 5.75 Å². The molecule has 12 heteroatoms. The quantitative estimate of drug-likeness (QED) is 0.351. The SMILES string of the molecule is COC1=CC2=C(OC(C)C)C(COc3ccc(C(C)(C(=O)O)C(=O)O)cc3)=CN(C(=O)NC(N)=O)C2C=C1. The first kappa shape index (κ1) is 27.8. The number of ether oxygens (including phenoxy) is 3. The van der Waals surface area contributed by atoms with Crippen LogP contribution < -0.4 is 15.8 Å².